The highest BCUT2D eigenvalue weighted by Gasteiger charge is 2.14. The lowest BCUT2D eigenvalue weighted by Crippen LogP contribution is -1.94. The molecule has 4 aromatic rings. The molecule has 24 heavy (non-hydrogen) atoms. The molecule has 4 rings (SSSR count). The minimum atomic E-state index is 0.778. The van der Waals surface area contributed by atoms with Crippen LogP contribution in [0.5, 0.6) is 0 Å². The molecule has 120 valence electrons. The molecule has 0 radical (unpaired) electrons. The number of benzene rings is 1. The van der Waals surface area contributed by atoms with E-state index in [1.807, 2.05) is 32.6 Å². The van der Waals surface area contributed by atoms with E-state index in [0.717, 1.165) is 39.4 Å². The minimum Gasteiger partial charge on any atom is -0.388 e. The van der Waals surface area contributed by atoms with Crippen LogP contribution >= 0.6 is 0 Å². The van der Waals surface area contributed by atoms with Gasteiger partial charge in [-0.25, -0.2) is 9.97 Å². The Labute approximate surface area is 139 Å². The van der Waals surface area contributed by atoms with E-state index in [-0.39, 0.29) is 0 Å². The molecule has 3 aromatic heterocycles. The Hall–Kier alpha value is -3.15. The van der Waals surface area contributed by atoms with Gasteiger partial charge in [0, 0.05) is 37.7 Å². The summed E-state index contributed by atoms with van der Waals surface area (Å²) in [5.74, 6) is 0.778. The van der Waals surface area contributed by atoms with Gasteiger partial charge in [0.2, 0.25) is 0 Å². The van der Waals surface area contributed by atoms with Crippen molar-refractivity contribution >= 4 is 16.9 Å². The van der Waals surface area contributed by atoms with Crippen molar-refractivity contribution in [3.63, 3.8) is 0 Å². The molecule has 0 saturated carbocycles. The van der Waals surface area contributed by atoms with Gasteiger partial charge in [-0.1, -0.05) is 12.1 Å². The van der Waals surface area contributed by atoms with Crippen LogP contribution in [-0.4, -0.2) is 31.8 Å². The highest BCUT2D eigenvalue weighted by molar-refractivity contribution is 5.93. The van der Waals surface area contributed by atoms with E-state index >= 15 is 0 Å². The molecule has 0 spiro atoms. The summed E-state index contributed by atoms with van der Waals surface area (Å²) < 4.78 is 1.76. The van der Waals surface area contributed by atoms with Crippen LogP contribution in [0.25, 0.3) is 33.7 Å². The number of imidazole rings is 1. The number of anilines is 1. The molecule has 0 saturated heterocycles. The van der Waals surface area contributed by atoms with Gasteiger partial charge in [0.1, 0.15) is 11.3 Å². The Morgan fingerprint density at radius 2 is 2.04 bits per heavy atom. The Bertz CT molecular complexity index is 1030. The number of rotatable bonds is 3. The van der Waals surface area contributed by atoms with Gasteiger partial charge in [-0.3, -0.25) is 4.68 Å². The zero-order chi connectivity index (χ0) is 16.7. The number of fused-ring (bicyclic) bond motifs is 1. The van der Waals surface area contributed by atoms with E-state index < -0.39 is 0 Å². The van der Waals surface area contributed by atoms with Crippen LogP contribution in [-0.2, 0) is 7.05 Å². The fraction of sp³-hybridized carbons (Fsp3) is 0.167. The number of pyridine rings is 1. The first kappa shape index (κ1) is 14.4. The second-order valence-corrected chi connectivity index (χ2v) is 5.77. The van der Waals surface area contributed by atoms with Crippen molar-refractivity contribution in [2.45, 2.75) is 6.92 Å². The maximum Gasteiger partial charge on any atom is 0.158 e. The van der Waals surface area contributed by atoms with Gasteiger partial charge < -0.3 is 10.3 Å². The summed E-state index contributed by atoms with van der Waals surface area (Å²) in [6, 6.07) is 8.25. The quantitative estimate of drug-likeness (QED) is 0.607. The van der Waals surface area contributed by atoms with Gasteiger partial charge in [-0.15, -0.1) is 0 Å². The standard InChI is InChI=1S/C18H18N6/c1-11-13(5-4-6-15(11)19-2)14-7-8-20-18-16(14)22-17(23-18)12-9-21-24(3)10-12/h4-10,19H,1-3H3,(H,20,22,23). The average Bonchev–Trinajstić information content (AvgIpc) is 3.20. The van der Waals surface area contributed by atoms with Gasteiger partial charge >= 0.3 is 0 Å². The molecule has 0 fully saturated rings. The fourth-order valence-corrected chi connectivity index (χ4v) is 3.01. The molecule has 3 heterocycles. The summed E-state index contributed by atoms with van der Waals surface area (Å²) in [6.45, 7) is 2.11. The molecule has 0 aliphatic heterocycles. The Morgan fingerprint density at radius 3 is 2.79 bits per heavy atom. The monoisotopic (exact) mass is 318 g/mol. The van der Waals surface area contributed by atoms with E-state index in [2.05, 4.69) is 45.5 Å². The second kappa shape index (κ2) is 5.49. The molecule has 6 nitrogen and oxygen atoms in total. The van der Waals surface area contributed by atoms with Crippen LogP contribution < -0.4 is 5.32 Å². The molecule has 0 unspecified atom stereocenters. The molecular weight excluding hydrogens is 300 g/mol. The van der Waals surface area contributed by atoms with Crippen molar-refractivity contribution in [2.24, 2.45) is 7.05 Å². The largest absolute Gasteiger partial charge is 0.388 e. The highest BCUT2D eigenvalue weighted by atomic mass is 15.2. The van der Waals surface area contributed by atoms with Gasteiger partial charge in [-0.05, 0) is 30.2 Å². The predicted octanol–water partition coefficient (Wildman–Crippen LogP) is 3.38. The normalized spacial score (nSPS) is 11.1. The summed E-state index contributed by atoms with van der Waals surface area (Å²) >= 11 is 0. The third kappa shape index (κ3) is 2.23. The molecule has 0 bridgehead atoms. The maximum atomic E-state index is 4.78. The number of H-pyrrole nitrogens is 1. The van der Waals surface area contributed by atoms with Crippen molar-refractivity contribution < 1.29 is 0 Å². The number of aromatic nitrogens is 5. The van der Waals surface area contributed by atoms with Crippen molar-refractivity contribution in [3.05, 3.63) is 48.4 Å². The second-order valence-electron chi connectivity index (χ2n) is 5.77. The van der Waals surface area contributed by atoms with Crippen molar-refractivity contribution in [1.82, 2.24) is 24.7 Å². The van der Waals surface area contributed by atoms with Crippen LogP contribution in [0.1, 0.15) is 5.56 Å². The van der Waals surface area contributed by atoms with E-state index in [1.54, 1.807) is 10.9 Å². The first-order valence-corrected chi connectivity index (χ1v) is 7.79. The third-order valence-corrected chi connectivity index (χ3v) is 4.26. The van der Waals surface area contributed by atoms with Crippen molar-refractivity contribution in [3.8, 4) is 22.5 Å². The van der Waals surface area contributed by atoms with Crippen molar-refractivity contribution in [2.75, 3.05) is 12.4 Å². The Kier molecular flexibility index (Phi) is 3.30. The lowest BCUT2D eigenvalue weighted by molar-refractivity contribution is 0.768. The zero-order valence-corrected chi connectivity index (χ0v) is 13.8. The fourth-order valence-electron chi connectivity index (χ4n) is 3.01. The predicted molar refractivity (Wildman–Crippen MR) is 95.8 cm³/mol. The van der Waals surface area contributed by atoms with Crippen LogP contribution in [0.4, 0.5) is 5.69 Å². The van der Waals surface area contributed by atoms with Gasteiger partial charge in [0.15, 0.2) is 5.65 Å². The SMILES string of the molecule is CNc1cccc(-c2ccnc3[nH]c(-c4cnn(C)c4)nc23)c1C. The van der Waals surface area contributed by atoms with Crippen LogP contribution in [0.3, 0.4) is 0 Å². The lowest BCUT2D eigenvalue weighted by Gasteiger charge is -2.11. The lowest BCUT2D eigenvalue weighted by atomic mass is 9.99. The summed E-state index contributed by atoms with van der Waals surface area (Å²) in [5, 5.41) is 7.44. The van der Waals surface area contributed by atoms with Crippen LogP contribution in [0.2, 0.25) is 0 Å². The number of nitrogens with zero attached hydrogens (tertiary/aromatic N) is 4. The van der Waals surface area contributed by atoms with Gasteiger partial charge in [-0.2, -0.15) is 5.10 Å². The minimum absolute atomic E-state index is 0.778. The number of aryl methyl sites for hydroxylation is 1. The van der Waals surface area contributed by atoms with E-state index in [0.29, 0.717) is 0 Å². The molecule has 1 aromatic carbocycles. The number of aromatic amines is 1. The van der Waals surface area contributed by atoms with E-state index in [9.17, 15) is 0 Å². The first-order chi connectivity index (χ1) is 11.7. The topological polar surface area (TPSA) is 71.4 Å². The van der Waals surface area contributed by atoms with Crippen LogP contribution in [0.15, 0.2) is 42.9 Å². The molecule has 0 amide bonds. The molecule has 0 aliphatic carbocycles. The zero-order valence-electron chi connectivity index (χ0n) is 13.8. The Balaban J connectivity index is 1.92. The maximum absolute atomic E-state index is 4.78. The molecule has 2 N–H and O–H groups in total. The molecule has 0 aliphatic rings. The molecule has 6 heteroatoms. The number of nitrogens with one attached hydrogen (secondary N) is 2. The summed E-state index contributed by atoms with van der Waals surface area (Å²) in [5.41, 5.74) is 7.12. The average molecular weight is 318 g/mol. The summed E-state index contributed by atoms with van der Waals surface area (Å²) in [6.07, 6.45) is 5.54. The number of hydrogen-bond donors (Lipinski definition) is 2. The van der Waals surface area contributed by atoms with E-state index in [4.69, 9.17) is 4.98 Å². The van der Waals surface area contributed by atoms with Crippen LogP contribution in [0, 0.1) is 6.92 Å². The van der Waals surface area contributed by atoms with E-state index in [1.165, 1.54) is 5.56 Å². The third-order valence-electron chi connectivity index (χ3n) is 4.26. The first-order valence-electron chi connectivity index (χ1n) is 7.79. The van der Waals surface area contributed by atoms with Gasteiger partial charge in [0.25, 0.3) is 0 Å². The molecular formula is C18H18N6. The molecule has 0 atom stereocenters. The van der Waals surface area contributed by atoms with Crippen molar-refractivity contribution in [1.29, 1.82) is 0 Å². The smallest absolute Gasteiger partial charge is 0.158 e. The highest BCUT2D eigenvalue weighted by Crippen LogP contribution is 2.33. The summed E-state index contributed by atoms with van der Waals surface area (Å²) in [7, 11) is 3.83. The number of hydrogen-bond acceptors (Lipinski definition) is 4. The summed E-state index contributed by atoms with van der Waals surface area (Å²) in [4.78, 5) is 12.5. The van der Waals surface area contributed by atoms with Gasteiger partial charge in [0.05, 0.1) is 11.8 Å². The Morgan fingerprint density at radius 1 is 1.17 bits per heavy atom.